The smallest absolute Gasteiger partial charge is 0.333 e. The van der Waals surface area contributed by atoms with E-state index in [0.717, 1.165) is 11.1 Å². The van der Waals surface area contributed by atoms with Crippen LogP contribution in [0.15, 0.2) is 66.7 Å². The van der Waals surface area contributed by atoms with Gasteiger partial charge in [-0.05, 0) is 31.0 Å². The summed E-state index contributed by atoms with van der Waals surface area (Å²) in [5.41, 5.74) is 2.45. The number of hydrogen-bond acceptors (Lipinski definition) is 3. The summed E-state index contributed by atoms with van der Waals surface area (Å²) in [6.07, 6.45) is 0. The minimum atomic E-state index is -0.593. The lowest BCUT2D eigenvalue weighted by atomic mass is 9.84. The molecule has 0 radical (unpaired) electrons. The monoisotopic (exact) mass is 335 g/mol. The average Bonchev–Trinajstić information content (AvgIpc) is 2.85. The molecule has 1 unspecified atom stereocenters. The van der Waals surface area contributed by atoms with Crippen LogP contribution in [0.2, 0.25) is 0 Å². The fraction of sp³-hybridized carbons (Fsp3) is 0.238. The molecule has 2 aromatic carbocycles. The van der Waals surface area contributed by atoms with Gasteiger partial charge in [-0.2, -0.15) is 0 Å². The van der Waals surface area contributed by atoms with Crippen molar-refractivity contribution in [1.29, 1.82) is 0 Å². The number of hydrogen-bond donors (Lipinski definition) is 0. The van der Waals surface area contributed by atoms with E-state index < -0.39 is 11.5 Å². The van der Waals surface area contributed by atoms with Crippen molar-refractivity contribution in [2.24, 2.45) is 0 Å². The van der Waals surface area contributed by atoms with Crippen LogP contribution < -0.4 is 0 Å². The maximum Gasteiger partial charge on any atom is 0.333 e. The highest BCUT2D eigenvalue weighted by atomic mass is 16.5. The zero-order valence-corrected chi connectivity index (χ0v) is 14.5. The number of nitrogens with zero attached hydrogens (tertiary/aromatic N) is 1. The summed E-state index contributed by atoms with van der Waals surface area (Å²) in [7, 11) is 0. The van der Waals surface area contributed by atoms with E-state index in [9.17, 15) is 9.59 Å². The van der Waals surface area contributed by atoms with Gasteiger partial charge in [-0.25, -0.2) is 4.79 Å². The van der Waals surface area contributed by atoms with Crippen LogP contribution in [0.4, 0.5) is 0 Å². The Bertz CT molecular complexity index is 828. The molecule has 1 amide bonds. The highest BCUT2D eigenvalue weighted by Gasteiger charge is 2.46. The molecule has 4 nitrogen and oxygen atoms in total. The number of benzene rings is 2. The summed E-state index contributed by atoms with van der Waals surface area (Å²) in [5, 5.41) is 0. The quantitative estimate of drug-likeness (QED) is 0.620. The summed E-state index contributed by atoms with van der Waals surface area (Å²) < 4.78 is 5.21. The number of carbonyl (C=O) groups excluding carboxylic acids is 2. The molecule has 25 heavy (non-hydrogen) atoms. The zero-order chi connectivity index (χ0) is 18.0. The molecule has 2 aromatic rings. The first-order valence-corrected chi connectivity index (χ1v) is 8.26. The minimum Gasteiger partial charge on any atom is -0.460 e. The second-order valence-corrected chi connectivity index (χ2v) is 6.36. The molecule has 0 spiro atoms. The van der Waals surface area contributed by atoms with Gasteiger partial charge in [0.05, 0.1) is 12.1 Å². The molecule has 0 N–H and O–H groups in total. The van der Waals surface area contributed by atoms with Crippen LogP contribution in [0, 0.1) is 0 Å². The van der Waals surface area contributed by atoms with Gasteiger partial charge in [0, 0.05) is 11.1 Å². The van der Waals surface area contributed by atoms with Crippen molar-refractivity contribution in [3.63, 3.8) is 0 Å². The van der Waals surface area contributed by atoms with Crippen LogP contribution in [-0.4, -0.2) is 29.9 Å². The molecule has 128 valence electrons. The van der Waals surface area contributed by atoms with E-state index in [1.54, 1.807) is 11.8 Å². The molecule has 1 heterocycles. The van der Waals surface area contributed by atoms with Crippen molar-refractivity contribution in [3.05, 3.63) is 83.4 Å². The van der Waals surface area contributed by atoms with Crippen molar-refractivity contribution in [2.45, 2.75) is 19.4 Å². The number of carbonyl (C=O) groups is 2. The Kier molecular flexibility index (Phi) is 4.45. The molecule has 0 saturated heterocycles. The largest absolute Gasteiger partial charge is 0.460 e. The van der Waals surface area contributed by atoms with Crippen molar-refractivity contribution < 1.29 is 14.3 Å². The molecule has 1 aliphatic rings. The molecular weight excluding hydrogens is 314 g/mol. The fourth-order valence-corrected chi connectivity index (χ4v) is 3.34. The van der Waals surface area contributed by atoms with Crippen molar-refractivity contribution in [3.8, 4) is 0 Å². The molecule has 0 aromatic heterocycles. The van der Waals surface area contributed by atoms with E-state index >= 15 is 0 Å². The van der Waals surface area contributed by atoms with E-state index in [4.69, 9.17) is 4.74 Å². The van der Waals surface area contributed by atoms with E-state index in [1.807, 2.05) is 61.5 Å². The lowest BCUT2D eigenvalue weighted by Gasteiger charge is -2.36. The van der Waals surface area contributed by atoms with Gasteiger partial charge in [0.15, 0.2) is 0 Å². The SMILES string of the molecule is C=C(C)C(=O)OCCN1C(=O)c2ccccc2C1(C)c1ccccc1. The standard InChI is InChI=1S/C21H21NO3/c1-15(2)20(24)25-14-13-22-19(23)17-11-7-8-12-18(17)21(22,3)16-9-5-4-6-10-16/h4-12H,1,13-14H2,2-3H3. The topological polar surface area (TPSA) is 46.6 Å². The predicted molar refractivity (Wildman–Crippen MR) is 96.1 cm³/mol. The average molecular weight is 335 g/mol. The summed E-state index contributed by atoms with van der Waals surface area (Å²) in [5.74, 6) is -0.487. The number of ether oxygens (including phenoxy) is 1. The van der Waals surface area contributed by atoms with Crippen molar-refractivity contribution >= 4 is 11.9 Å². The van der Waals surface area contributed by atoms with E-state index in [1.165, 1.54) is 0 Å². The van der Waals surface area contributed by atoms with Crippen molar-refractivity contribution in [1.82, 2.24) is 4.90 Å². The van der Waals surface area contributed by atoms with Gasteiger partial charge in [-0.3, -0.25) is 4.79 Å². The lowest BCUT2D eigenvalue weighted by molar-refractivity contribution is -0.139. The van der Waals surface area contributed by atoms with E-state index in [-0.39, 0.29) is 12.5 Å². The number of fused-ring (bicyclic) bond motifs is 1. The Balaban J connectivity index is 1.95. The lowest BCUT2D eigenvalue weighted by Crippen LogP contribution is -2.44. The molecule has 0 bridgehead atoms. The summed E-state index contributed by atoms with van der Waals surface area (Å²) in [6, 6.07) is 17.6. The maximum absolute atomic E-state index is 13.0. The van der Waals surface area contributed by atoms with Crippen LogP contribution in [-0.2, 0) is 15.1 Å². The molecule has 0 saturated carbocycles. The highest BCUT2D eigenvalue weighted by molar-refractivity contribution is 6.00. The highest BCUT2D eigenvalue weighted by Crippen LogP contribution is 2.43. The van der Waals surface area contributed by atoms with Gasteiger partial charge >= 0.3 is 5.97 Å². The molecule has 3 rings (SSSR count). The fourth-order valence-electron chi connectivity index (χ4n) is 3.34. The van der Waals surface area contributed by atoms with Gasteiger partial charge in [-0.15, -0.1) is 0 Å². The molecule has 4 heteroatoms. The number of esters is 1. The van der Waals surface area contributed by atoms with Gasteiger partial charge in [0.25, 0.3) is 5.91 Å². The predicted octanol–water partition coefficient (Wildman–Crippen LogP) is 3.53. The Hall–Kier alpha value is -2.88. The molecule has 0 fully saturated rings. The first kappa shape index (κ1) is 17.0. The first-order valence-electron chi connectivity index (χ1n) is 8.26. The third-order valence-corrected chi connectivity index (χ3v) is 4.70. The van der Waals surface area contributed by atoms with E-state index in [2.05, 4.69) is 6.58 Å². The molecule has 1 aliphatic heterocycles. The van der Waals surface area contributed by atoms with Gasteiger partial charge in [-0.1, -0.05) is 55.1 Å². The zero-order valence-electron chi connectivity index (χ0n) is 14.5. The Labute approximate surface area is 147 Å². The van der Waals surface area contributed by atoms with Gasteiger partial charge in [0.1, 0.15) is 6.61 Å². The number of rotatable bonds is 5. The Morgan fingerprint density at radius 1 is 1.12 bits per heavy atom. The summed E-state index contributed by atoms with van der Waals surface area (Å²) in [4.78, 5) is 26.4. The second kappa shape index (κ2) is 6.55. The van der Waals surface area contributed by atoms with E-state index in [0.29, 0.717) is 17.7 Å². The molecule has 1 atom stereocenters. The van der Waals surface area contributed by atoms with Crippen LogP contribution in [0.1, 0.15) is 35.3 Å². The van der Waals surface area contributed by atoms with Crippen LogP contribution >= 0.6 is 0 Å². The Morgan fingerprint density at radius 2 is 1.76 bits per heavy atom. The number of amides is 1. The van der Waals surface area contributed by atoms with Gasteiger partial charge < -0.3 is 9.64 Å². The third kappa shape index (κ3) is 2.84. The van der Waals surface area contributed by atoms with Gasteiger partial charge in [0.2, 0.25) is 0 Å². The minimum absolute atomic E-state index is 0.0478. The summed E-state index contributed by atoms with van der Waals surface area (Å²) >= 11 is 0. The van der Waals surface area contributed by atoms with Crippen molar-refractivity contribution in [2.75, 3.05) is 13.2 Å². The molecular formula is C21H21NO3. The van der Waals surface area contributed by atoms with Crippen LogP contribution in [0.3, 0.4) is 0 Å². The first-order chi connectivity index (χ1) is 12.0. The molecule has 0 aliphatic carbocycles. The second-order valence-electron chi connectivity index (χ2n) is 6.36. The summed E-state index contributed by atoms with van der Waals surface area (Å²) in [6.45, 7) is 7.66. The Morgan fingerprint density at radius 3 is 2.44 bits per heavy atom. The maximum atomic E-state index is 13.0. The van der Waals surface area contributed by atoms with Crippen LogP contribution in [0.5, 0.6) is 0 Å². The third-order valence-electron chi connectivity index (χ3n) is 4.70. The normalized spacial score (nSPS) is 18.8. The van der Waals surface area contributed by atoms with Crippen LogP contribution in [0.25, 0.3) is 0 Å².